The van der Waals surface area contributed by atoms with E-state index in [1.54, 1.807) is 6.07 Å². The first-order valence-electron chi connectivity index (χ1n) is 7.32. The molecule has 0 unspecified atom stereocenters. The first-order valence-corrected chi connectivity index (χ1v) is 7.32. The van der Waals surface area contributed by atoms with E-state index in [9.17, 15) is 9.90 Å². The molecule has 1 aromatic rings. The molecule has 4 nitrogen and oxygen atoms in total. The van der Waals surface area contributed by atoms with Gasteiger partial charge in [0.2, 0.25) is 0 Å². The lowest BCUT2D eigenvalue weighted by molar-refractivity contribution is 0.0697. The predicted molar refractivity (Wildman–Crippen MR) is 81.7 cm³/mol. The summed E-state index contributed by atoms with van der Waals surface area (Å²) in [6.07, 6.45) is 2.19. The molecule has 0 spiro atoms. The van der Waals surface area contributed by atoms with Crippen molar-refractivity contribution < 1.29 is 9.90 Å². The summed E-state index contributed by atoms with van der Waals surface area (Å²) in [6.45, 7) is 7.41. The lowest BCUT2D eigenvalue weighted by atomic mass is 10.0. The zero-order valence-corrected chi connectivity index (χ0v) is 12.6. The van der Waals surface area contributed by atoms with Crippen molar-refractivity contribution in [3.63, 3.8) is 0 Å². The Labute approximate surface area is 121 Å². The third-order valence-electron chi connectivity index (χ3n) is 4.31. The number of carbonyl (C=O) groups is 1. The number of likely N-dealkylation sites (tertiary alicyclic amines) is 1. The van der Waals surface area contributed by atoms with Gasteiger partial charge in [0, 0.05) is 26.2 Å². The molecule has 110 valence electrons. The van der Waals surface area contributed by atoms with Crippen LogP contribution in [-0.4, -0.2) is 48.7 Å². The van der Waals surface area contributed by atoms with Crippen molar-refractivity contribution in [1.82, 2.24) is 4.90 Å². The molecule has 4 heteroatoms. The standard InChI is InChI=1S/C16H24N2O2/c1-4-18-9-7-13(8-10-18)17(3)15-6-5-12(2)11-14(15)16(19)20/h5-6,11,13H,4,7-10H2,1-3H3,(H,19,20). The van der Waals surface area contributed by atoms with Gasteiger partial charge in [-0.15, -0.1) is 0 Å². The number of hydrogen-bond acceptors (Lipinski definition) is 3. The number of piperidine rings is 1. The molecule has 0 atom stereocenters. The van der Waals surface area contributed by atoms with Gasteiger partial charge >= 0.3 is 5.97 Å². The Kier molecular flexibility index (Phi) is 4.65. The molecule has 1 N–H and O–H groups in total. The highest BCUT2D eigenvalue weighted by atomic mass is 16.4. The smallest absolute Gasteiger partial charge is 0.337 e. The van der Waals surface area contributed by atoms with Crippen LogP contribution in [0.3, 0.4) is 0 Å². The van der Waals surface area contributed by atoms with Gasteiger partial charge in [-0.3, -0.25) is 0 Å². The molecule has 0 aliphatic carbocycles. The van der Waals surface area contributed by atoms with Crippen LogP contribution >= 0.6 is 0 Å². The van der Waals surface area contributed by atoms with Gasteiger partial charge in [0.05, 0.1) is 11.3 Å². The van der Waals surface area contributed by atoms with E-state index < -0.39 is 5.97 Å². The van der Waals surface area contributed by atoms with Gasteiger partial charge in [0.15, 0.2) is 0 Å². The maximum absolute atomic E-state index is 11.4. The molecular weight excluding hydrogens is 252 g/mol. The third kappa shape index (κ3) is 3.12. The molecule has 1 heterocycles. The topological polar surface area (TPSA) is 43.8 Å². The van der Waals surface area contributed by atoms with E-state index in [2.05, 4.69) is 16.7 Å². The van der Waals surface area contributed by atoms with Crippen LogP contribution in [0.1, 0.15) is 35.7 Å². The molecule has 1 fully saturated rings. The number of aryl methyl sites for hydroxylation is 1. The van der Waals surface area contributed by atoms with E-state index in [1.165, 1.54) is 0 Å². The molecule has 2 rings (SSSR count). The second kappa shape index (κ2) is 6.27. The number of hydrogen-bond donors (Lipinski definition) is 1. The van der Waals surface area contributed by atoms with Crippen LogP contribution < -0.4 is 4.90 Å². The molecule has 0 aromatic heterocycles. The van der Waals surface area contributed by atoms with Gasteiger partial charge in [-0.25, -0.2) is 4.79 Å². The summed E-state index contributed by atoms with van der Waals surface area (Å²) in [7, 11) is 2.02. The maximum atomic E-state index is 11.4. The number of carboxylic acid groups (broad SMARTS) is 1. The van der Waals surface area contributed by atoms with Gasteiger partial charge in [-0.2, -0.15) is 0 Å². The van der Waals surface area contributed by atoms with Crippen molar-refractivity contribution in [3.8, 4) is 0 Å². The minimum absolute atomic E-state index is 0.408. The fourth-order valence-corrected chi connectivity index (χ4v) is 2.95. The summed E-state index contributed by atoms with van der Waals surface area (Å²) in [4.78, 5) is 16.0. The SMILES string of the molecule is CCN1CCC(N(C)c2ccc(C)cc2C(=O)O)CC1. The Hall–Kier alpha value is -1.55. The summed E-state index contributed by atoms with van der Waals surface area (Å²) >= 11 is 0. The largest absolute Gasteiger partial charge is 0.478 e. The van der Waals surface area contributed by atoms with Crippen LogP contribution in [0.15, 0.2) is 18.2 Å². The van der Waals surface area contributed by atoms with Gasteiger partial charge < -0.3 is 14.9 Å². The first kappa shape index (κ1) is 14.9. The van der Waals surface area contributed by atoms with Crippen molar-refractivity contribution in [2.24, 2.45) is 0 Å². The molecule has 0 saturated carbocycles. The monoisotopic (exact) mass is 276 g/mol. The normalized spacial score (nSPS) is 17.1. The number of nitrogens with zero attached hydrogens (tertiary/aromatic N) is 2. The Balaban J connectivity index is 2.17. The molecular formula is C16H24N2O2. The van der Waals surface area contributed by atoms with Crippen molar-refractivity contribution >= 4 is 11.7 Å². The summed E-state index contributed by atoms with van der Waals surface area (Å²) in [5.41, 5.74) is 2.23. The minimum atomic E-state index is -0.846. The molecule has 1 aliphatic heterocycles. The summed E-state index contributed by atoms with van der Waals surface area (Å²) in [5, 5.41) is 9.38. The second-order valence-electron chi connectivity index (χ2n) is 5.60. The van der Waals surface area contributed by atoms with E-state index in [4.69, 9.17) is 0 Å². The van der Waals surface area contributed by atoms with Crippen molar-refractivity contribution in [1.29, 1.82) is 0 Å². The summed E-state index contributed by atoms with van der Waals surface area (Å²) in [6, 6.07) is 6.11. The van der Waals surface area contributed by atoms with Crippen molar-refractivity contribution in [3.05, 3.63) is 29.3 Å². The zero-order chi connectivity index (χ0) is 14.7. The van der Waals surface area contributed by atoms with Crippen LogP contribution in [0, 0.1) is 6.92 Å². The van der Waals surface area contributed by atoms with E-state index in [-0.39, 0.29) is 0 Å². The zero-order valence-electron chi connectivity index (χ0n) is 12.6. The molecule has 0 radical (unpaired) electrons. The van der Waals surface area contributed by atoms with Gasteiger partial charge in [-0.05, 0) is 38.4 Å². The van der Waals surface area contributed by atoms with Gasteiger partial charge in [0.25, 0.3) is 0 Å². The molecule has 0 amide bonds. The predicted octanol–water partition coefficient (Wildman–Crippen LogP) is 2.61. The fourth-order valence-electron chi connectivity index (χ4n) is 2.95. The number of rotatable bonds is 4. The first-order chi connectivity index (χ1) is 9.52. The van der Waals surface area contributed by atoms with Crippen LogP contribution in [0.25, 0.3) is 0 Å². The molecule has 0 bridgehead atoms. The number of carboxylic acids is 1. The molecule has 20 heavy (non-hydrogen) atoms. The fraction of sp³-hybridized carbons (Fsp3) is 0.562. The molecule has 1 aliphatic rings. The average Bonchev–Trinajstić information content (AvgIpc) is 2.46. The highest BCUT2D eigenvalue weighted by Gasteiger charge is 2.24. The lowest BCUT2D eigenvalue weighted by Crippen LogP contribution is -2.43. The maximum Gasteiger partial charge on any atom is 0.337 e. The number of aromatic carboxylic acids is 1. The molecule has 1 saturated heterocycles. The lowest BCUT2D eigenvalue weighted by Gasteiger charge is -2.38. The van der Waals surface area contributed by atoms with Crippen LogP contribution in [0.2, 0.25) is 0 Å². The summed E-state index contributed by atoms with van der Waals surface area (Å²) < 4.78 is 0. The Morgan fingerprint density at radius 1 is 1.40 bits per heavy atom. The van der Waals surface area contributed by atoms with Crippen LogP contribution in [-0.2, 0) is 0 Å². The third-order valence-corrected chi connectivity index (χ3v) is 4.31. The Morgan fingerprint density at radius 3 is 2.60 bits per heavy atom. The van der Waals surface area contributed by atoms with Crippen LogP contribution in [0.4, 0.5) is 5.69 Å². The van der Waals surface area contributed by atoms with Gasteiger partial charge in [-0.1, -0.05) is 18.6 Å². The summed E-state index contributed by atoms with van der Waals surface area (Å²) in [5.74, 6) is -0.846. The van der Waals surface area contributed by atoms with E-state index in [1.807, 2.05) is 26.1 Å². The Bertz CT molecular complexity index is 479. The van der Waals surface area contributed by atoms with Gasteiger partial charge in [0.1, 0.15) is 0 Å². The quantitative estimate of drug-likeness (QED) is 0.918. The van der Waals surface area contributed by atoms with E-state index in [0.29, 0.717) is 11.6 Å². The number of benzene rings is 1. The molecule has 1 aromatic carbocycles. The highest BCUT2D eigenvalue weighted by molar-refractivity contribution is 5.94. The van der Waals surface area contributed by atoms with Crippen LogP contribution in [0.5, 0.6) is 0 Å². The number of anilines is 1. The van der Waals surface area contributed by atoms with Crippen molar-refractivity contribution in [2.45, 2.75) is 32.7 Å². The second-order valence-corrected chi connectivity index (χ2v) is 5.60. The van der Waals surface area contributed by atoms with E-state index in [0.717, 1.165) is 43.7 Å². The van der Waals surface area contributed by atoms with E-state index >= 15 is 0 Å². The highest BCUT2D eigenvalue weighted by Crippen LogP contribution is 2.26. The minimum Gasteiger partial charge on any atom is -0.478 e. The Morgan fingerprint density at radius 2 is 2.05 bits per heavy atom. The average molecular weight is 276 g/mol. The van der Waals surface area contributed by atoms with Crippen molar-refractivity contribution in [2.75, 3.05) is 31.6 Å².